The van der Waals surface area contributed by atoms with Crippen LogP contribution in [0.3, 0.4) is 0 Å². The van der Waals surface area contributed by atoms with Gasteiger partial charge in [-0.3, -0.25) is 0 Å². The van der Waals surface area contributed by atoms with Gasteiger partial charge < -0.3 is 5.32 Å². The summed E-state index contributed by atoms with van der Waals surface area (Å²) in [5.74, 6) is 0.757. The molecule has 0 aliphatic carbocycles. The SMILES string of the molecule is CCC(Nc1cc(C#N)cc(C)n1)c1ccccc1. The first-order valence-electron chi connectivity index (χ1n) is 6.43. The lowest BCUT2D eigenvalue weighted by molar-refractivity contribution is 0.744. The number of benzene rings is 1. The van der Waals surface area contributed by atoms with Crippen LogP contribution in [-0.2, 0) is 0 Å². The van der Waals surface area contributed by atoms with Crippen LogP contribution < -0.4 is 5.32 Å². The van der Waals surface area contributed by atoms with Gasteiger partial charge >= 0.3 is 0 Å². The number of rotatable bonds is 4. The molecule has 0 bridgehead atoms. The molecule has 1 atom stereocenters. The highest BCUT2D eigenvalue weighted by molar-refractivity contribution is 5.46. The first-order chi connectivity index (χ1) is 9.22. The lowest BCUT2D eigenvalue weighted by Gasteiger charge is -2.18. The molecule has 2 aromatic rings. The molecule has 0 saturated heterocycles. The number of pyridine rings is 1. The third-order valence-electron chi connectivity index (χ3n) is 3.01. The highest BCUT2D eigenvalue weighted by Crippen LogP contribution is 2.22. The van der Waals surface area contributed by atoms with Crippen molar-refractivity contribution in [3.05, 3.63) is 59.3 Å². The minimum atomic E-state index is 0.210. The van der Waals surface area contributed by atoms with Gasteiger partial charge in [-0.05, 0) is 31.0 Å². The van der Waals surface area contributed by atoms with Crippen LogP contribution in [-0.4, -0.2) is 4.98 Å². The van der Waals surface area contributed by atoms with Crippen LogP contribution in [0.2, 0.25) is 0 Å². The van der Waals surface area contributed by atoms with Crippen LogP contribution >= 0.6 is 0 Å². The van der Waals surface area contributed by atoms with Crippen LogP contribution in [0.15, 0.2) is 42.5 Å². The maximum atomic E-state index is 8.99. The molecule has 1 heterocycles. The van der Waals surface area contributed by atoms with E-state index in [0.29, 0.717) is 5.56 Å². The van der Waals surface area contributed by atoms with Crippen molar-refractivity contribution in [3.8, 4) is 6.07 Å². The molecule has 1 aromatic heterocycles. The Morgan fingerprint density at radius 3 is 2.63 bits per heavy atom. The Balaban J connectivity index is 2.24. The zero-order chi connectivity index (χ0) is 13.7. The number of aryl methyl sites for hydroxylation is 1. The van der Waals surface area contributed by atoms with Crippen molar-refractivity contribution in [2.45, 2.75) is 26.3 Å². The summed E-state index contributed by atoms with van der Waals surface area (Å²) in [7, 11) is 0. The van der Waals surface area contributed by atoms with Gasteiger partial charge in [0.25, 0.3) is 0 Å². The summed E-state index contributed by atoms with van der Waals surface area (Å²) < 4.78 is 0. The molecule has 0 fully saturated rings. The Hall–Kier alpha value is -2.34. The molecule has 0 aliphatic rings. The fourth-order valence-electron chi connectivity index (χ4n) is 2.09. The van der Waals surface area contributed by atoms with Gasteiger partial charge in [-0.25, -0.2) is 4.98 Å². The molecule has 2 rings (SSSR count). The minimum absolute atomic E-state index is 0.210. The lowest BCUT2D eigenvalue weighted by Crippen LogP contribution is -2.11. The number of nitriles is 1. The van der Waals surface area contributed by atoms with Crippen LogP contribution in [0.5, 0.6) is 0 Å². The van der Waals surface area contributed by atoms with Gasteiger partial charge in [0, 0.05) is 5.69 Å². The summed E-state index contributed by atoms with van der Waals surface area (Å²) in [4.78, 5) is 4.43. The summed E-state index contributed by atoms with van der Waals surface area (Å²) in [5, 5.41) is 12.4. The third kappa shape index (κ3) is 3.32. The summed E-state index contributed by atoms with van der Waals surface area (Å²) in [6.07, 6.45) is 0.960. The molecular weight excluding hydrogens is 234 g/mol. The molecule has 1 unspecified atom stereocenters. The molecule has 0 radical (unpaired) electrons. The van der Waals surface area contributed by atoms with Gasteiger partial charge in [0.1, 0.15) is 5.82 Å². The Morgan fingerprint density at radius 2 is 2.00 bits per heavy atom. The maximum Gasteiger partial charge on any atom is 0.128 e. The minimum Gasteiger partial charge on any atom is -0.363 e. The first kappa shape index (κ1) is 13.1. The van der Waals surface area contributed by atoms with Crippen molar-refractivity contribution in [1.29, 1.82) is 5.26 Å². The van der Waals surface area contributed by atoms with Crippen molar-refractivity contribution in [1.82, 2.24) is 4.98 Å². The number of nitrogens with one attached hydrogen (secondary N) is 1. The maximum absolute atomic E-state index is 8.99. The molecule has 96 valence electrons. The van der Waals surface area contributed by atoms with E-state index in [-0.39, 0.29) is 6.04 Å². The fourth-order valence-corrected chi connectivity index (χ4v) is 2.09. The highest BCUT2D eigenvalue weighted by atomic mass is 15.0. The Morgan fingerprint density at radius 1 is 1.26 bits per heavy atom. The molecule has 0 aliphatic heterocycles. The van der Waals surface area contributed by atoms with E-state index in [1.165, 1.54) is 5.56 Å². The topological polar surface area (TPSA) is 48.7 Å². The van der Waals surface area contributed by atoms with Crippen molar-refractivity contribution in [2.24, 2.45) is 0 Å². The molecule has 19 heavy (non-hydrogen) atoms. The van der Waals surface area contributed by atoms with E-state index in [2.05, 4.69) is 35.4 Å². The fraction of sp³-hybridized carbons (Fsp3) is 0.250. The van der Waals surface area contributed by atoms with Crippen molar-refractivity contribution < 1.29 is 0 Å². The second-order valence-electron chi connectivity index (χ2n) is 4.51. The molecule has 0 saturated carbocycles. The van der Waals surface area contributed by atoms with E-state index in [4.69, 9.17) is 5.26 Å². The monoisotopic (exact) mass is 251 g/mol. The average Bonchev–Trinajstić information content (AvgIpc) is 2.45. The predicted molar refractivity (Wildman–Crippen MR) is 76.8 cm³/mol. The van der Waals surface area contributed by atoms with Crippen molar-refractivity contribution in [3.63, 3.8) is 0 Å². The molecule has 0 spiro atoms. The molecule has 3 nitrogen and oxygen atoms in total. The van der Waals surface area contributed by atoms with Crippen molar-refractivity contribution in [2.75, 3.05) is 5.32 Å². The summed E-state index contributed by atoms with van der Waals surface area (Å²) in [6, 6.07) is 16.2. The Kier molecular flexibility index (Phi) is 4.15. The van der Waals surface area contributed by atoms with Gasteiger partial charge in [0.2, 0.25) is 0 Å². The largest absolute Gasteiger partial charge is 0.363 e. The van der Waals surface area contributed by atoms with Crippen LogP contribution in [0.4, 0.5) is 5.82 Å². The van der Waals surface area contributed by atoms with Crippen molar-refractivity contribution >= 4 is 5.82 Å². The van der Waals surface area contributed by atoms with E-state index in [9.17, 15) is 0 Å². The number of hydrogen-bond acceptors (Lipinski definition) is 3. The van der Waals surface area contributed by atoms with Gasteiger partial charge in [0.05, 0.1) is 17.7 Å². The third-order valence-corrected chi connectivity index (χ3v) is 3.01. The van der Waals surface area contributed by atoms with Crippen LogP contribution in [0.25, 0.3) is 0 Å². The van der Waals surface area contributed by atoms with Crippen LogP contribution in [0.1, 0.15) is 36.2 Å². The van der Waals surface area contributed by atoms with E-state index in [1.807, 2.05) is 25.1 Å². The predicted octanol–water partition coefficient (Wildman–Crippen LogP) is 3.82. The van der Waals surface area contributed by atoms with Gasteiger partial charge in [-0.15, -0.1) is 0 Å². The second-order valence-corrected chi connectivity index (χ2v) is 4.51. The van der Waals surface area contributed by atoms with E-state index < -0.39 is 0 Å². The molecule has 1 aromatic carbocycles. The van der Waals surface area contributed by atoms with Gasteiger partial charge in [-0.2, -0.15) is 5.26 Å². The average molecular weight is 251 g/mol. The van der Waals surface area contributed by atoms with Crippen LogP contribution in [0, 0.1) is 18.3 Å². The smallest absolute Gasteiger partial charge is 0.128 e. The standard InChI is InChI=1S/C16H17N3/c1-3-15(14-7-5-4-6-8-14)19-16-10-13(11-17)9-12(2)18-16/h4-10,15H,3H2,1-2H3,(H,18,19). The molecular formula is C16H17N3. The number of hydrogen-bond donors (Lipinski definition) is 1. The first-order valence-corrected chi connectivity index (χ1v) is 6.43. The summed E-state index contributed by atoms with van der Waals surface area (Å²) in [5.41, 5.74) is 2.72. The Labute approximate surface area is 113 Å². The zero-order valence-electron chi connectivity index (χ0n) is 11.2. The van der Waals surface area contributed by atoms with E-state index >= 15 is 0 Å². The molecule has 1 N–H and O–H groups in total. The van der Waals surface area contributed by atoms with E-state index in [1.54, 1.807) is 12.1 Å². The zero-order valence-corrected chi connectivity index (χ0v) is 11.2. The normalized spacial score (nSPS) is 11.6. The second kappa shape index (κ2) is 6.01. The highest BCUT2D eigenvalue weighted by Gasteiger charge is 2.10. The molecule has 3 heteroatoms. The van der Waals surface area contributed by atoms with E-state index in [0.717, 1.165) is 17.9 Å². The number of nitrogens with zero attached hydrogens (tertiary/aromatic N) is 2. The summed E-state index contributed by atoms with van der Waals surface area (Å²) >= 11 is 0. The van der Waals surface area contributed by atoms with Gasteiger partial charge in [-0.1, -0.05) is 37.3 Å². The summed E-state index contributed by atoms with van der Waals surface area (Å²) in [6.45, 7) is 4.03. The number of aromatic nitrogens is 1. The molecule has 0 amide bonds. The lowest BCUT2D eigenvalue weighted by atomic mass is 10.0. The Bertz CT molecular complexity index is 585. The van der Waals surface area contributed by atoms with Gasteiger partial charge in [0.15, 0.2) is 0 Å². The number of anilines is 1. The quantitative estimate of drug-likeness (QED) is 0.898.